The monoisotopic (exact) mass is 430 g/mol. The van der Waals surface area contributed by atoms with E-state index in [1.807, 2.05) is 6.92 Å². The number of benzene rings is 2. The quantitative estimate of drug-likeness (QED) is 0.714. The maximum absolute atomic E-state index is 12.7. The lowest BCUT2D eigenvalue weighted by atomic mass is 10.2. The molecule has 27 heavy (non-hydrogen) atoms. The largest absolute Gasteiger partial charge is 0.494 e. The van der Waals surface area contributed by atoms with Crippen molar-refractivity contribution < 1.29 is 17.9 Å². The third-order valence-corrected chi connectivity index (χ3v) is 5.64. The highest BCUT2D eigenvalue weighted by molar-refractivity contribution is 7.92. The highest BCUT2D eigenvalue weighted by Gasteiger charge is 2.29. The summed E-state index contributed by atoms with van der Waals surface area (Å²) in [5.41, 5.74) is 0.748. The second-order valence-corrected chi connectivity index (χ2v) is 8.46. The van der Waals surface area contributed by atoms with Crippen LogP contribution in [-0.2, 0) is 14.8 Å². The summed E-state index contributed by atoms with van der Waals surface area (Å²) in [6, 6.07) is 10.2. The molecule has 0 spiro atoms. The molecule has 6 nitrogen and oxygen atoms in total. The molecule has 1 atom stereocenters. The number of ether oxygens (including phenoxy) is 1. The van der Waals surface area contributed by atoms with Crippen LogP contribution in [0.15, 0.2) is 42.5 Å². The zero-order chi connectivity index (χ0) is 20.2. The number of hydrogen-bond acceptors (Lipinski definition) is 4. The Bertz CT molecular complexity index is 935. The first-order chi connectivity index (χ1) is 12.6. The molecule has 9 heteroatoms. The van der Waals surface area contributed by atoms with Crippen molar-refractivity contribution in [2.45, 2.75) is 19.9 Å². The van der Waals surface area contributed by atoms with Crippen molar-refractivity contribution in [1.82, 2.24) is 0 Å². The van der Waals surface area contributed by atoms with Crippen molar-refractivity contribution in [2.75, 3.05) is 22.5 Å². The maximum atomic E-state index is 12.7. The van der Waals surface area contributed by atoms with Crippen LogP contribution in [0.1, 0.15) is 13.8 Å². The Hall–Kier alpha value is -1.96. The van der Waals surface area contributed by atoms with E-state index in [4.69, 9.17) is 27.9 Å². The average molecular weight is 431 g/mol. The average Bonchev–Trinajstić information content (AvgIpc) is 2.57. The molecule has 2 rings (SSSR count). The molecule has 1 amide bonds. The molecule has 146 valence electrons. The van der Waals surface area contributed by atoms with Crippen LogP contribution in [0, 0.1) is 0 Å². The van der Waals surface area contributed by atoms with Gasteiger partial charge in [-0.1, -0.05) is 29.3 Å². The number of hydrogen-bond donors (Lipinski definition) is 1. The SMILES string of the molecule is CCOc1cccc(NC(=O)[C@@H](C)N(c2ccc(Cl)c(Cl)c2)S(C)(=O)=O)c1. The molecule has 0 aliphatic heterocycles. The standard InChI is InChI=1S/C18H20Cl2N2O4S/c1-4-26-15-7-5-6-13(10-15)21-18(23)12(2)22(27(3,24)25)14-8-9-16(19)17(20)11-14/h5-12H,4H2,1-3H3,(H,21,23)/t12-/m1/s1. The van der Waals surface area contributed by atoms with Crippen LogP contribution in [0.2, 0.25) is 10.0 Å². The van der Waals surface area contributed by atoms with Crippen LogP contribution < -0.4 is 14.4 Å². The first-order valence-corrected chi connectivity index (χ1v) is 10.7. The number of anilines is 2. The van der Waals surface area contributed by atoms with E-state index in [0.717, 1.165) is 10.6 Å². The first-order valence-electron chi connectivity index (χ1n) is 8.11. The van der Waals surface area contributed by atoms with Gasteiger partial charge in [0.1, 0.15) is 11.8 Å². The van der Waals surface area contributed by atoms with Gasteiger partial charge in [0.25, 0.3) is 0 Å². The minimum atomic E-state index is -3.75. The molecule has 0 saturated carbocycles. The lowest BCUT2D eigenvalue weighted by molar-refractivity contribution is -0.116. The number of amides is 1. The summed E-state index contributed by atoms with van der Waals surface area (Å²) in [6.45, 7) is 3.84. The fraction of sp³-hybridized carbons (Fsp3) is 0.278. The Morgan fingerprint density at radius 1 is 1.19 bits per heavy atom. The van der Waals surface area contributed by atoms with E-state index in [0.29, 0.717) is 23.1 Å². The topological polar surface area (TPSA) is 75.7 Å². The summed E-state index contributed by atoms with van der Waals surface area (Å²) in [6.07, 6.45) is 1.02. The molecule has 0 fully saturated rings. The van der Waals surface area contributed by atoms with Gasteiger partial charge >= 0.3 is 0 Å². The highest BCUT2D eigenvalue weighted by atomic mass is 35.5. The summed E-state index contributed by atoms with van der Waals surface area (Å²) in [5.74, 6) is 0.104. The molecule has 2 aromatic rings. The fourth-order valence-electron chi connectivity index (χ4n) is 2.51. The lowest BCUT2D eigenvalue weighted by Gasteiger charge is -2.28. The number of sulfonamides is 1. The summed E-state index contributed by atoms with van der Waals surface area (Å²) in [4.78, 5) is 12.7. The summed E-state index contributed by atoms with van der Waals surface area (Å²) in [7, 11) is -3.75. The Morgan fingerprint density at radius 3 is 2.48 bits per heavy atom. The van der Waals surface area contributed by atoms with Gasteiger partial charge in [0, 0.05) is 11.8 Å². The zero-order valence-electron chi connectivity index (χ0n) is 15.1. The maximum Gasteiger partial charge on any atom is 0.247 e. The molecule has 2 aromatic carbocycles. The molecule has 0 saturated heterocycles. The number of carbonyl (C=O) groups excluding carboxylic acids is 1. The third-order valence-electron chi connectivity index (χ3n) is 3.66. The van der Waals surface area contributed by atoms with Crippen LogP contribution in [0.3, 0.4) is 0 Å². The number of halogens is 2. The molecular weight excluding hydrogens is 411 g/mol. The van der Waals surface area contributed by atoms with Gasteiger partial charge in [0.15, 0.2) is 0 Å². The number of carbonyl (C=O) groups is 1. The van der Waals surface area contributed by atoms with Crippen molar-refractivity contribution >= 4 is 50.5 Å². The van der Waals surface area contributed by atoms with Gasteiger partial charge < -0.3 is 10.1 Å². The number of nitrogens with zero attached hydrogens (tertiary/aromatic N) is 1. The van der Waals surface area contributed by atoms with Crippen molar-refractivity contribution in [3.8, 4) is 5.75 Å². The van der Waals surface area contributed by atoms with Gasteiger partial charge in [-0.15, -0.1) is 0 Å². The Morgan fingerprint density at radius 2 is 1.89 bits per heavy atom. The Balaban J connectivity index is 2.29. The molecule has 0 heterocycles. The molecule has 0 radical (unpaired) electrons. The fourth-order valence-corrected chi connectivity index (χ4v) is 3.97. The van der Waals surface area contributed by atoms with Crippen LogP contribution in [0.25, 0.3) is 0 Å². The van der Waals surface area contributed by atoms with Gasteiger partial charge in [-0.25, -0.2) is 8.42 Å². The minimum absolute atomic E-state index is 0.194. The lowest BCUT2D eigenvalue weighted by Crippen LogP contribution is -2.45. The normalized spacial score (nSPS) is 12.3. The predicted octanol–water partition coefficient (Wildman–Crippen LogP) is 4.19. The third kappa shape index (κ3) is 5.51. The molecule has 0 unspecified atom stereocenters. The van der Waals surface area contributed by atoms with Crippen molar-refractivity contribution in [3.63, 3.8) is 0 Å². The van der Waals surface area contributed by atoms with Gasteiger partial charge in [0.2, 0.25) is 15.9 Å². The van der Waals surface area contributed by atoms with Gasteiger partial charge in [0.05, 0.1) is 28.6 Å². The molecule has 0 aromatic heterocycles. The second kappa shape index (κ2) is 8.82. The van der Waals surface area contributed by atoms with E-state index in [9.17, 15) is 13.2 Å². The summed E-state index contributed by atoms with van der Waals surface area (Å²) >= 11 is 11.9. The highest BCUT2D eigenvalue weighted by Crippen LogP contribution is 2.30. The molecule has 1 N–H and O–H groups in total. The van der Waals surface area contributed by atoms with Crippen LogP contribution in [0.5, 0.6) is 5.75 Å². The molecule has 0 bridgehead atoms. The van der Waals surface area contributed by atoms with E-state index in [1.54, 1.807) is 24.3 Å². The smallest absolute Gasteiger partial charge is 0.247 e. The van der Waals surface area contributed by atoms with Crippen LogP contribution in [0.4, 0.5) is 11.4 Å². The van der Waals surface area contributed by atoms with Gasteiger partial charge in [-0.2, -0.15) is 0 Å². The Kier molecular flexibility index (Phi) is 6.97. The Labute approximate surface area is 169 Å². The number of nitrogens with one attached hydrogen (secondary N) is 1. The predicted molar refractivity (Wildman–Crippen MR) is 109 cm³/mol. The minimum Gasteiger partial charge on any atom is -0.494 e. The van der Waals surface area contributed by atoms with Crippen molar-refractivity contribution in [1.29, 1.82) is 0 Å². The van der Waals surface area contributed by atoms with E-state index >= 15 is 0 Å². The van der Waals surface area contributed by atoms with Gasteiger partial charge in [-0.05, 0) is 44.2 Å². The van der Waals surface area contributed by atoms with Gasteiger partial charge in [-0.3, -0.25) is 9.10 Å². The first kappa shape index (κ1) is 21.3. The van der Waals surface area contributed by atoms with E-state index in [1.165, 1.54) is 25.1 Å². The molecular formula is C18H20Cl2N2O4S. The zero-order valence-corrected chi connectivity index (χ0v) is 17.4. The van der Waals surface area contributed by atoms with Crippen molar-refractivity contribution in [2.24, 2.45) is 0 Å². The molecule has 0 aliphatic carbocycles. The van der Waals surface area contributed by atoms with Crippen LogP contribution >= 0.6 is 23.2 Å². The van der Waals surface area contributed by atoms with E-state index in [-0.39, 0.29) is 10.7 Å². The van der Waals surface area contributed by atoms with Crippen LogP contribution in [-0.4, -0.2) is 33.2 Å². The summed E-state index contributed by atoms with van der Waals surface area (Å²) < 4.78 is 31.0. The number of rotatable bonds is 7. The summed E-state index contributed by atoms with van der Waals surface area (Å²) in [5, 5.41) is 3.19. The molecule has 0 aliphatic rings. The van der Waals surface area contributed by atoms with E-state index < -0.39 is 22.0 Å². The van der Waals surface area contributed by atoms with E-state index in [2.05, 4.69) is 5.32 Å². The second-order valence-electron chi connectivity index (χ2n) is 5.78. The van der Waals surface area contributed by atoms with Crippen molar-refractivity contribution in [3.05, 3.63) is 52.5 Å².